The first-order valence-electron chi connectivity index (χ1n) is 5.31. The van der Waals surface area contributed by atoms with Gasteiger partial charge in [0.2, 0.25) is 10.0 Å². The molecule has 0 saturated carbocycles. The molecule has 1 N–H and O–H groups in total. The van der Waals surface area contributed by atoms with E-state index in [0.717, 1.165) is 6.42 Å². The van der Waals surface area contributed by atoms with Crippen LogP contribution in [0.5, 0.6) is 0 Å². The Morgan fingerprint density at radius 1 is 1.33 bits per heavy atom. The van der Waals surface area contributed by atoms with Gasteiger partial charge in [-0.25, -0.2) is 8.42 Å². The zero-order chi connectivity index (χ0) is 11.9. The molecule has 0 fully saturated rings. The molecule has 0 aliphatic heterocycles. The Kier molecular flexibility index (Phi) is 6.53. The van der Waals surface area contributed by atoms with Crippen LogP contribution in [0.15, 0.2) is 0 Å². The number of nitriles is 1. The van der Waals surface area contributed by atoms with Gasteiger partial charge in [-0.15, -0.1) is 0 Å². The maximum atomic E-state index is 11.5. The largest absolute Gasteiger partial charge is 0.212 e. The third-order valence-corrected chi connectivity index (χ3v) is 3.44. The zero-order valence-electron chi connectivity index (χ0n) is 9.66. The lowest BCUT2D eigenvalue weighted by Crippen LogP contribution is -2.35. The standard InChI is InChI=1S/C10H20N2O2S/c1-4-5-10(8-11)12-15(13,14)7-6-9(2)3/h9-10,12H,4-7H2,1-3H3. The van der Waals surface area contributed by atoms with Crippen molar-refractivity contribution in [2.45, 2.75) is 46.1 Å². The summed E-state index contributed by atoms with van der Waals surface area (Å²) < 4.78 is 25.4. The molecule has 0 aromatic carbocycles. The van der Waals surface area contributed by atoms with Crippen molar-refractivity contribution in [3.05, 3.63) is 0 Å². The minimum absolute atomic E-state index is 0.104. The van der Waals surface area contributed by atoms with E-state index in [1.165, 1.54) is 0 Å². The molecule has 4 nitrogen and oxygen atoms in total. The normalized spacial score (nSPS) is 13.8. The molecule has 0 aliphatic carbocycles. The van der Waals surface area contributed by atoms with Crippen LogP contribution in [0, 0.1) is 17.2 Å². The molecule has 0 bridgehead atoms. The zero-order valence-corrected chi connectivity index (χ0v) is 10.5. The van der Waals surface area contributed by atoms with Gasteiger partial charge in [-0.05, 0) is 18.8 Å². The van der Waals surface area contributed by atoms with E-state index >= 15 is 0 Å². The number of sulfonamides is 1. The quantitative estimate of drug-likeness (QED) is 0.725. The van der Waals surface area contributed by atoms with E-state index in [2.05, 4.69) is 4.72 Å². The first kappa shape index (κ1) is 14.4. The number of hydrogen-bond donors (Lipinski definition) is 1. The van der Waals surface area contributed by atoms with Crippen LogP contribution in [0.3, 0.4) is 0 Å². The lowest BCUT2D eigenvalue weighted by molar-refractivity contribution is 0.547. The van der Waals surface area contributed by atoms with Crippen LogP contribution in [0.4, 0.5) is 0 Å². The predicted octanol–water partition coefficient (Wildman–Crippen LogP) is 1.64. The molecular formula is C10H20N2O2S. The second-order valence-electron chi connectivity index (χ2n) is 4.09. The summed E-state index contributed by atoms with van der Waals surface area (Å²) in [5.41, 5.74) is 0. The van der Waals surface area contributed by atoms with Gasteiger partial charge in [0.1, 0.15) is 6.04 Å². The number of nitrogens with one attached hydrogen (secondary N) is 1. The molecule has 0 saturated heterocycles. The van der Waals surface area contributed by atoms with Crippen molar-refractivity contribution >= 4 is 10.0 Å². The van der Waals surface area contributed by atoms with Gasteiger partial charge in [0.15, 0.2) is 0 Å². The van der Waals surface area contributed by atoms with E-state index in [9.17, 15) is 8.42 Å². The van der Waals surface area contributed by atoms with Gasteiger partial charge in [0.05, 0.1) is 11.8 Å². The van der Waals surface area contributed by atoms with E-state index in [4.69, 9.17) is 5.26 Å². The lowest BCUT2D eigenvalue weighted by atomic mass is 10.2. The van der Waals surface area contributed by atoms with Crippen LogP contribution >= 0.6 is 0 Å². The Morgan fingerprint density at radius 3 is 2.33 bits per heavy atom. The fraction of sp³-hybridized carbons (Fsp3) is 0.900. The Bertz CT molecular complexity index is 304. The van der Waals surface area contributed by atoms with Crippen LogP contribution < -0.4 is 4.72 Å². The topological polar surface area (TPSA) is 70.0 Å². The molecule has 0 spiro atoms. The molecular weight excluding hydrogens is 212 g/mol. The predicted molar refractivity (Wildman–Crippen MR) is 60.7 cm³/mol. The van der Waals surface area contributed by atoms with E-state index < -0.39 is 16.1 Å². The Morgan fingerprint density at radius 2 is 1.93 bits per heavy atom. The molecule has 0 aromatic rings. The molecule has 0 aromatic heterocycles. The molecule has 15 heavy (non-hydrogen) atoms. The Balaban J connectivity index is 4.18. The van der Waals surface area contributed by atoms with Crippen LogP contribution in [0.25, 0.3) is 0 Å². The van der Waals surface area contributed by atoms with E-state index in [1.807, 2.05) is 26.8 Å². The summed E-state index contributed by atoms with van der Waals surface area (Å²) in [6.45, 7) is 5.87. The fourth-order valence-electron chi connectivity index (χ4n) is 1.11. The summed E-state index contributed by atoms with van der Waals surface area (Å²) in [6, 6.07) is 1.38. The van der Waals surface area contributed by atoms with Crippen molar-refractivity contribution in [3.8, 4) is 6.07 Å². The molecule has 0 rings (SSSR count). The number of rotatable bonds is 7. The maximum Gasteiger partial charge on any atom is 0.212 e. The molecule has 5 heteroatoms. The van der Waals surface area contributed by atoms with Gasteiger partial charge in [-0.3, -0.25) is 0 Å². The summed E-state index contributed by atoms with van der Waals surface area (Å²) in [6.07, 6.45) is 1.99. The van der Waals surface area contributed by atoms with E-state index in [-0.39, 0.29) is 5.75 Å². The maximum absolute atomic E-state index is 11.5. The highest BCUT2D eigenvalue weighted by Crippen LogP contribution is 2.04. The molecule has 88 valence electrons. The Labute approximate surface area is 92.7 Å². The highest BCUT2D eigenvalue weighted by Gasteiger charge is 2.16. The van der Waals surface area contributed by atoms with E-state index in [0.29, 0.717) is 18.8 Å². The summed E-state index contributed by atoms with van der Waals surface area (Å²) >= 11 is 0. The lowest BCUT2D eigenvalue weighted by Gasteiger charge is -2.11. The third kappa shape index (κ3) is 7.34. The fourth-order valence-corrected chi connectivity index (χ4v) is 2.61. The van der Waals surface area contributed by atoms with Gasteiger partial charge in [-0.2, -0.15) is 9.98 Å². The SMILES string of the molecule is CCCC(C#N)NS(=O)(=O)CCC(C)C. The van der Waals surface area contributed by atoms with Crippen molar-refractivity contribution in [1.29, 1.82) is 5.26 Å². The summed E-state index contributed by atoms with van der Waals surface area (Å²) in [5.74, 6) is 0.459. The van der Waals surface area contributed by atoms with Gasteiger partial charge in [0.25, 0.3) is 0 Å². The highest BCUT2D eigenvalue weighted by atomic mass is 32.2. The first-order valence-corrected chi connectivity index (χ1v) is 6.96. The molecule has 0 radical (unpaired) electrons. The van der Waals surface area contributed by atoms with Crippen LogP contribution in [-0.4, -0.2) is 20.2 Å². The average Bonchev–Trinajstić information content (AvgIpc) is 2.14. The number of nitrogens with zero attached hydrogens (tertiary/aromatic N) is 1. The van der Waals surface area contributed by atoms with Gasteiger partial charge < -0.3 is 0 Å². The summed E-state index contributed by atoms with van der Waals surface area (Å²) in [5, 5.41) is 8.72. The first-order chi connectivity index (χ1) is 6.91. The minimum Gasteiger partial charge on any atom is -0.212 e. The van der Waals surface area contributed by atoms with Crippen LogP contribution in [0.2, 0.25) is 0 Å². The second kappa shape index (κ2) is 6.81. The third-order valence-electron chi connectivity index (χ3n) is 2.02. The van der Waals surface area contributed by atoms with Crippen molar-refractivity contribution in [1.82, 2.24) is 4.72 Å². The summed E-state index contributed by atoms with van der Waals surface area (Å²) in [7, 11) is -3.28. The van der Waals surface area contributed by atoms with Gasteiger partial charge in [-0.1, -0.05) is 27.2 Å². The molecule has 0 amide bonds. The molecule has 0 heterocycles. The molecule has 1 unspecified atom stereocenters. The van der Waals surface area contributed by atoms with Crippen molar-refractivity contribution in [3.63, 3.8) is 0 Å². The summed E-state index contributed by atoms with van der Waals surface area (Å²) in [4.78, 5) is 0. The highest BCUT2D eigenvalue weighted by molar-refractivity contribution is 7.89. The monoisotopic (exact) mass is 232 g/mol. The molecule has 1 atom stereocenters. The smallest absolute Gasteiger partial charge is 0.212 e. The van der Waals surface area contributed by atoms with Gasteiger partial charge in [0, 0.05) is 0 Å². The van der Waals surface area contributed by atoms with Crippen molar-refractivity contribution in [2.24, 2.45) is 5.92 Å². The van der Waals surface area contributed by atoms with E-state index in [1.54, 1.807) is 0 Å². The van der Waals surface area contributed by atoms with Gasteiger partial charge >= 0.3 is 0 Å². The molecule has 0 aliphatic rings. The second-order valence-corrected chi connectivity index (χ2v) is 5.96. The van der Waals surface area contributed by atoms with Crippen molar-refractivity contribution < 1.29 is 8.42 Å². The van der Waals surface area contributed by atoms with Crippen LogP contribution in [0.1, 0.15) is 40.0 Å². The number of hydrogen-bond acceptors (Lipinski definition) is 3. The average molecular weight is 232 g/mol. The Hall–Kier alpha value is -0.600. The van der Waals surface area contributed by atoms with Crippen LogP contribution in [-0.2, 0) is 10.0 Å². The minimum atomic E-state index is -3.28. The van der Waals surface area contributed by atoms with Crippen molar-refractivity contribution in [2.75, 3.05) is 5.75 Å².